The molecule has 1 fully saturated rings. The molecule has 3 aromatic rings. The normalized spacial score (nSPS) is 14.5. The second-order valence-electron chi connectivity index (χ2n) is 7.43. The fourth-order valence-corrected chi connectivity index (χ4v) is 4.69. The molecule has 162 valence electrons. The van der Waals surface area contributed by atoms with E-state index in [0.29, 0.717) is 21.6 Å². The summed E-state index contributed by atoms with van der Waals surface area (Å²) in [7, 11) is 4.04. The molecule has 3 aromatic carbocycles. The minimum Gasteiger partial charge on any atom is -0.488 e. The summed E-state index contributed by atoms with van der Waals surface area (Å²) >= 11 is 9.97. The molecule has 4 rings (SSSR count). The van der Waals surface area contributed by atoms with E-state index in [1.165, 1.54) is 11.8 Å². The van der Waals surface area contributed by atoms with Gasteiger partial charge in [0.1, 0.15) is 16.7 Å². The Morgan fingerprint density at radius 2 is 1.78 bits per heavy atom. The SMILES string of the molecule is CN(C)c1ccc(-c2ccc(OCc3ccccc3Br)c(/C=C3\SC(=S)NC3=O)c2)cc1. The average molecular weight is 525 g/mol. The first-order valence-corrected chi connectivity index (χ1v) is 12.0. The minimum atomic E-state index is -0.183. The molecule has 0 saturated carbocycles. The molecule has 0 aromatic heterocycles. The maximum Gasteiger partial charge on any atom is 0.263 e. The summed E-state index contributed by atoms with van der Waals surface area (Å²) in [5.74, 6) is 0.519. The number of hydrogen-bond donors (Lipinski definition) is 1. The van der Waals surface area contributed by atoms with Crippen LogP contribution in [0.15, 0.2) is 76.1 Å². The quantitative estimate of drug-likeness (QED) is 0.305. The Morgan fingerprint density at radius 1 is 1.06 bits per heavy atom. The molecule has 1 amide bonds. The van der Waals surface area contributed by atoms with Gasteiger partial charge < -0.3 is 15.0 Å². The molecule has 0 bridgehead atoms. The summed E-state index contributed by atoms with van der Waals surface area (Å²) in [4.78, 5) is 14.9. The number of amides is 1. The molecule has 0 atom stereocenters. The second-order valence-corrected chi connectivity index (χ2v) is 10.00. The summed E-state index contributed by atoms with van der Waals surface area (Å²) in [6.45, 7) is 0.409. The van der Waals surface area contributed by atoms with Crippen LogP contribution in [0.5, 0.6) is 5.75 Å². The largest absolute Gasteiger partial charge is 0.488 e. The minimum absolute atomic E-state index is 0.183. The van der Waals surface area contributed by atoms with Crippen molar-refractivity contribution in [2.75, 3.05) is 19.0 Å². The molecular formula is C25H21BrN2O2S2. The summed E-state index contributed by atoms with van der Waals surface area (Å²) < 4.78 is 7.62. The number of carbonyl (C=O) groups excluding carboxylic acids is 1. The van der Waals surface area contributed by atoms with Crippen molar-refractivity contribution in [3.8, 4) is 16.9 Å². The number of nitrogens with zero attached hydrogens (tertiary/aromatic N) is 1. The highest BCUT2D eigenvalue weighted by Gasteiger charge is 2.22. The third-order valence-corrected chi connectivity index (χ3v) is 6.93. The number of anilines is 1. The second kappa shape index (κ2) is 9.90. The number of ether oxygens (including phenoxy) is 1. The zero-order valence-electron chi connectivity index (χ0n) is 17.6. The molecule has 0 radical (unpaired) electrons. The van der Waals surface area contributed by atoms with Gasteiger partial charge in [0.15, 0.2) is 0 Å². The first kappa shape index (κ1) is 22.6. The highest BCUT2D eigenvalue weighted by Crippen LogP contribution is 2.33. The van der Waals surface area contributed by atoms with Crippen LogP contribution in [0.3, 0.4) is 0 Å². The number of hydrogen-bond acceptors (Lipinski definition) is 5. The van der Waals surface area contributed by atoms with E-state index >= 15 is 0 Å². The van der Waals surface area contributed by atoms with Crippen molar-refractivity contribution in [2.24, 2.45) is 0 Å². The van der Waals surface area contributed by atoms with Crippen molar-refractivity contribution < 1.29 is 9.53 Å². The molecule has 1 aliphatic rings. The Balaban J connectivity index is 1.69. The van der Waals surface area contributed by atoms with Gasteiger partial charge in [0, 0.05) is 35.4 Å². The van der Waals surface area contributed by atoms with Gasteiger partial charge >= 0.3 is 0 Å². The Morgan fingerprint density at radius 3 is 2.44 bits per heavy atom. The van der Waals surface area contributed by atoms with Gasteiger partial charge in [0.25, 0.3) is 5.91 Å². The Bertz CT molecular complexity index is 1210. The number of halogens is 1. The standard InChI is InChI=1S/C25H21BrN2O2S2/c1-28(2)20-10-7-16(8-11-20)17-9-12-22(30-15-18-5-3-4-6-21(18)26)19(13-17)14-23-24(29)27-25(31)32-23/h3-14H,15H2,1-2H3,(H,27,29,31)/b23-14-. The number of thioether (sulfide) groups is 1. The molecule has 1 aliphatic heterocycles. The van der Waals surface area contributed by atoms with E-state index in [9.17, 15) is 4.79 Å². The van der Waals surface area contributed by atoms with Crippen molar-refractivity contribution in [1.29, 1.82) is 0 Å². The maximum atomic E-state index is 12.2. The van der Waals surface area contributed by atoms with E-state index < -0.39 is 0 Å². The van der Waals surface area contributed by atoms with E-state index in [1.54, 1.807) is 0 Å². The predicted octanol–water partition coefficient (Wildman–Crippen LogP) is 6.25. The monoisotopic (exact) mass is 524 g/mol. The Labute approximate surface area is 205 Å². The number of carbonyl (C=O) groups is 1. The fourth-order valence-electron chi connectivity index (χ4n) is 3.26. The first-order valence-electron chi connectivity index (χ1n) is 9.93. The topological polar surface area (TPSA) is 41.6 Å². The van der Waals surface area contributed by atoms with Crippen LogP contribution < -0.4 is 15.0 Å². The lowest BCUT2D eigenvalue weighted by Gasteiger charge is -2.14. The van der Waals surface area contributed by atoms with E-state index in [0.717, 1.165) is 32.4 Å². The third kappa shape index (κ3) is 5.23. The van der Waals surface area contributed by atoms with Crippen LogP contribution in [0.2, 0.25) is 0 Å². The maximum absolute atomic E-state index is 12.2. The van der Waals surface area contributed by atoms with E-state index in [2.05, 4.69) is 50.4 Å². The van der Waals surface area contributed by atoms with Crippen molar-refractivity contribution in [2.45, 2.75) is 6.61 Å². The van der Waals surface area contributed by atoms with Gasteiger partial charge in [0.05, 0.1) is 4.91 Å². The number of nitrogens with one attached hydrogen (secondary N) is 1. The summed E-state index contributed by atoms with van der Waals surface area (Å²) in [5, 5.41) is 2.67. The third-order valence-electron chi connectivity index (χ3n) is 5.00. The molecule has 1 heterocycles. The van der Waals surface area contributed by atoms with Crippen LogP contribution in [0.25, 0.3) is 17.2 Å². The summed E-state index contributed by atoms with van der Waals surface area (Å²) in [5.41, 5.74) is 5.14. The number of rotatable bonds is 6. The van der Waals surface area contributed by atoms with Gasteiger partial charge in [0.2, 0.25) is 0 Å². The van der Waals surface area contributed by atoms with Crippen LogP contribution in [-0.4, -0.2) is 24.3 Å². The fraction of sp³-hybridized carbons (Fsp3) is 0.120. The zero-order chi connectivity index (χ0) is 22.7. The summed E-state index contributed by atoms with van der Waals surface area (Å²) in [6, 6.07) is 22.3. The van der Waals surface area contributed by atoms with Crippen molar-refractivity contribution in [1.82, 2.24) is 5.32 Å². The Kier molecular flexibility index (Phi) is 6.98. The summed E-state index contributed by atoms with van der Waals surface area (Å²) in [6.07, 6.45) is 1.84. The van der Waals surface area contributed by atoms with Gasteiger partial charge in [-0.15, -0.1) is 0 Å². The van der Waals surface area contributed by atoms with Crippen LogP contribution in [0, 0.1) is 0 Å². The highest BCUT2D eigenvalue weighted by atomic mass is 79.9. The van der Waals surface area contributed by atoms with Gasteiger partial charge in [-0.3, -0.25) is 4.79 Å². The average Bonchev–Trinajstić information content (AvgIpc) is 3.10. The van der Waals surface area contributed by atoms with Gasteiger partial charge in [-0.1, -0.05) is 76.3 Å². The molecule has 7 heteroatoms. The highest BCUT2D eigenvalue weighted by molar-refractivity contribution is 9.10. The molecule has 4 nitrogen and oxygen atoms in total. The molecule has 0 spiro atoms. The van der Waals surface area contributed by atoms with Gasteiger partial charge in [-0.25, -0.2) is 0 Å². The van der Waals surface area contributed by atoms with Crippen LogP contribution in [0.1, 0.15) is 11.1 Å². The van der Waals surface area contributed by atoms with Crippen LogP contribution >= 0.6 is 39.9 Å². The molecule has 1 saturated heterocycles. The molecule has 1 N–H and O–H groups in total. The lowest BCUT2D eigenvalue weighted by Crippen LogP contribution is -2.17. The molecule has 0 unspecified atom stereocenters. The van der Waals surface area contributed by atoms with Crippen LogP contribution in [-0.2, 0) is 11.4 Å². The first-order chi connectivity index (χ1) is 15.4. The number of thiocarbonyl (C=S) groups is 1. The van der Waals surface area contributed by atoms with Crippen molar-refractivity contribution in [3.05, 3.63) is 87.2 Å². The van der Waals surface area contributed by atoms with Gasteiger partial charge in [-0.2, -0.15) is 0 Å². The van der Waals surface area contributed by atoms with Crippen LogP contribution in [0.4, 0.5) is 5.69 Å². The zero-order valence-corrected chi connectivity index (χ0v) is 20.8. The number of benzene rings is 3. The van der Waals surface area contributed by atoms with Gasteiger partial charge in [-0.05, 0) is 47.5 Å². The Hall–Kier alpha value is -2.61. The van der Waals surface area contributed by atoms with Crippen molar-refractivity contribution in [3.63, 3.8) is 0 Å². The van der Waals surface area contributed by atoms with E-state index in [-0.39, 0.29) is 5.91 Å². The van der Waals surface area contributed by atoms with E-state index in [4.69, 9.17) is 17.0 Å². The molecule has 0 aliphatic carbocycles. The smallest absolute Gasteiger partial charge is 0.263 e. The van der Waals surface area contributed by atoms with Crippen molar-refractivity contribution >= 4 is 61.9 Å². The predicted molar refractivity (Wildman–Crippen MR) is 141 cm³/mol. The molecular weight excluding hydrogens is 504 g/mol. The van der Waals surface area contributed by atoms with E-state index in [1.807, 2.05) is 62.6 Å². The lowest BCUT2D eigenvalue weighted by atomic mass is 10.0. The molecule has 32 heavy (non-hydrogen) atoms. The lowest BCUT2D eigenvalue weighted by molar-refractivity contribution is -0.115.